The van der Waals surface area contributed by atoms with Gasteiger partial charge in [0.2, 0.25) is 0 Å². The van der Waals surface area contributed by atoms with Crippen LogP contribution in [-0.2, 0) is 0 Å². The van der Waals surface area contributed by atoms with Crippen LogP contribution in [0, 0.1) is 6.92 Å². The van der Waals surface area contributed by atoms with Crippen LogP contribution in [0.3, 0.4) is 0 Å². The maximum absolute atomic E-state index is 13.7. The van der Waals surface area contributed by atoms with Crippen molar-refractivity contribution in [1.82, 2.24) is 0 Å². The smallest absolute Gasteiger partial charge is 0.332 e. The lowest BCUT2D eigenvalue weighted by Crippen LogP contribution is -2.27. The lowest BCUT2D eigenvalue weighted by molar-refractivity contribution is 0.655. The number of hydrogen-bond acceptors (Lipinski definition) is 2. The van der Waals surface area contributed by atoms with Crippen LogP contribution in [0.25, 0.3) is 5.57 Å². The van der Waals surface area contributed by atoms with Gasteiger partial charge >= 0.3 is 7.40 Å². The van der Waals surface area contributed by atoms with Crippen molar-refractivity contribution < 1.29 is 8.63 Å². The number of para-hydroxylation sites is 2. The molecule has 0 radical (unpaired) electrons. The number of allylic oxidation sites excluding steroid dienone is 1. The molecular weight excluding hydrogens is 341 g/mol. The molecule has 0 unspecified atom stereocenters. The number of benzene rings is 3. The largest absolute Gasteiger partial charge is 0.677 e. The zero-order chi connectivity index (χ0) is 19.1. The van der Waals surface area contributed by atoms with Crippen LogP contribution in [0.1, 0.15) is 11.1 Å². The zero-order valence-electron chi connectivity index (χ0n) is 15.0. The van der Waals surface area contributed by atoms with Gasteiger partial charge < -0.3 is 4.81 Å². The van der Waals surface area contributed by atoms with E-state index in [-0.39, 0.29) is 0 Å². The van der Waals surface area contributed by atoms with Crippen LogP contribution in [0.2, 0.25) is 0 Å². The fraction of sp³-hybridized carbons (Fsp3) is 0.0455. The SMILES string of the molecule is Cc1ccc(/C(C=Nc2ccccc2)=C/N(B(F)F)c2ccccc2)cc1. The Hall–Kier alpha value is -3.21. The third-order valence-corrected chi connectivity index (χ3v) is 4.04. The van der Waals surface area contributed by atoms with Crippen molar-refractivity contribution in [2.75, 3.05) is 4.81 Å². The Morgan fingerprint density at radius 2 is 1.44 bits per heavy atom. The van der Waals surface area contributed by atoms with Crippen LogP contribution >= 0.6 is 0 Å². The molecule has 0 aromatic heterocycles. The zero-order valence-corrected chi connectivity index (χ0v) is 15.0. The predicted molar refractivity (Wildman–Crippen MR) is 111 cm³/mol. The van der Waals surface area contributed by atoms with Gasteiger partial charge in [0.15, 0.2) is 0 Å². The van der Waals surface area contributed by atoms with E-state index in [4.69, 9.17) is 0 Å². The van der Waals surface area contributed by atoms with Crippen LogP contribution in [-0.4, -0.2) is 13.6 Å². The highest BCUT2D eigenvalue weighted by Gasteiger charge is 2.24. The number of nitrogens with zero attached hydrogens (tertiary/aromatic N) is 2. The summed E-state index contributed by atoms with van der Waals surface area (Å²) >= 11 is 0. The van der Waals surface area contributed by atoms with E-state index in [0.29, 0.717) is 11.3 Å². The number of hydrogen-bond donors (Lipinski definition) is 0. The molecule has 134 valence electrons. The summed E-state index contributed by atoms with van der Waals surface area (Å²) in [6.45, 7) is 1.99. The van der Waals surface area contributed by atoms with Gasteiger partial charge in [0.05, 0.1) is 5.69 Å². The Labute approximate surface area is 158 Å². The molecule has 3 aromatic rings. The average Bonchev–Trinajstić information content (AvgIpc) is 2.70. The molecular formula is C22H19BF2N2. The minimum Gasteiger partial charge on any atom is -0.332 e. The van der Waals surface area contributed by atoms with Gasteiger partial charge in [-0.15, -0.1) is 0 Å². The van der Waals surface area contributed by atoms with E-state index < -0.39 is 7.40 Å². The number of aliphatic imine (C=N–C) groups is 1. The van der Waals surface area contributed by atoms with E-state index in [2.05, 4.69) is 4.99 Å². The molecule has 0 fully saturated rings. The van der Waals surface area contributed by atoms with Crippen LogP contribution in [0.15, 0.2) is 96.1 Å². The number of rotatable bonds is 6. The molecule has 5 heteroatoms. The lowest BCUT2D eigenvalue weighted by Gasteiger charge is -2.18. The molecule has 0 heterocycles. The molecule has 0 saturated carbocycles. The molecule has 27 heavy (non-hydrogen) atoms. The van der Waals surface area contributed by atoms with Gasteiger partial charge in [-0.1, -0.05) is 66.2 Å². The summed E-state index contributed by atoms with van der Waals surface area (Å²) in [6.07, 6.45) is 3.06. The summed E-state index contributed by atoms with van der Waals surface area (Å²) in [6, 6.07) is 25.7. The van der Waals surface area contributed by atoms with Gasteiger partial charge in [0, 0.05) is 23.7 Å². The quantitative estimate of drug-likeness (QED) is 0.379. The van der Waals surface area contributed by atoms with E-state index in [0.717, 1.165) is 21.6 Å². The fourth-order valence-corrected chi connectivity index (χ4v) is 2.58. The summed E-state index contributed by atoms with van der Waals surface area (Å²) in [4.78, 5) is 5.40. The van der Waals surface area contributed by atoms with Crippen molar-refractivity contribution >= 4 is 30.6 Å². The van der Waals surface area contributed by atoms with E-state index in [1.807, 2.05) is 61.5 Å². The number of aryl methyl sites for hydroxylation is 1. The van der Waals surface area contributed by atoms with Crippen molar-refractivity contribution in [3.05, 3.63) is 102 Å². The molecule has 0 aliphatic carbocycles. The third kappa shape index (κ3) is 5.14. The molecule has 0 N–H and O–H groups in total. The van der Waals surface area contributed by atoms with Crippen LogP contribution < -0.4 is 4.81 Å². The number of anilines is 1. The minimum absolute atomic E-state index is 0.422. The highest BCUT2D eigenvalue weighted by atomic mass is 19.2. The molecule has 0 amide bonds. The monoisotopic (exact) mass is 360 g/mol. The van der Waals surface area contributed by atoms with Gasteiger partial charge in [-0.05, 0) is 36.8 Å². The first-order chi connectivity index (χ1) is 13.1. The van der Waals surface area contributed by atoms with Crippen molar-refractivity contribution in [3.8, 4) is 0 Å². The van der Waals surface area contributed by atoms with Gasteiger partial charge in [-0.2, -0.15) is 0 Å². The molecule has 0 spiro atoms. The Balaban J connectivity index is 2.03. The van der Waals surface area contributed by atoms with Gasteiger partial charge in [-0.3, -0.25) is 13.6 Å². The van der Waals surface area contributed by atoms with Crippen molar-refractivity contribution in [3.63, 3.8) is 0 Å². The molecule has 2 nitrogen and oxygen atoms in total. The van der Waals surface area contributed by atoms with E-state index >= 15 is 0 Å². The molecule has 0 bridgehead atoms. The first-order valence-corrected chi connectivity index (χ1v) is 8.63. The second kappa shape index (κ2) is 8.94. The summed E-state index contributed by atoms with van der Waals surface area (Å²) < 4.78 is 27.5. The molecule has 3 rings (SSSR count). The number of halogens is 2. The lowest BCUT2D eigenvalue weighted by atomic mass is 10.0. The Morgan fingerprint density at radius 1 is 0.852 bits per heavy atom. The average molecular weight is 360 g/mol. The summed E-state index contributed by atoms with van der Waals surface area (Å²) in [5, 5.41) is 0. The topological polar surface area (TPSA) is 15.6 Å². The maximum atomic E-state index is 13.7. The highest BCUT2D eigenvalue weighted by Crippen LogP contribution is 2.22. The Bertz CT molecular complexity index is 908. The second-order valence-electron chi connectivity index (χ2n) is 6.06. The molecule has 0 aliphatic heterocycles. The van der Waals surface area contributed by atoms with Crippen LogP contribution in [0.4, 0.5) is 20.0 Å². The van der Waals surface area contributed by atoms with E-state index in [1.165, 1.54) is 6.20 Å². The van der Waals surface area contributed by atoms with E-state index in [9.17, 15) is 8.63 Å². The highest BCUT2D eigenvalue weighted by molar-refractivity contribution is 6.49. The third-order valence-electron chi connectivity index (χ3n) is 4.04. The summed E-state index contributed by atoms with van der Waals surface area (Å²) in [5.74, 6) is 0. The van der Waals surface area contributed by atoms with Crippen LogP contribution in [0.5, 0.6) is 0 Å². The summed E-state index contributed by atoms with van der Waals surface area (Å²) in [7, 11) is -2.67. The van der Waals surface area contributed by atoms with Gasteiger partial charge in [-0.25, -0.2) is 0 Å². The molecule has 0 saturated heterocycles. The Morgan fingerprint density at radius 3 is 2.04 bits per heavy atom. The normalized spacial score (nSPS) is 11.6. The molecule has 0 atom stereocenters. The van der Waals surface area contributed by atoms with E-state index in [1.54, 1.807) is 36.5 Å². The predicted octanol–water partition coefficient (Wildman–Crippen LogP) is 6.17. The molecule has 3 aromatic carbocycles. The van der Waals surface area contributed by atoms with Crippen molar-refractivity contribution in [2.45, 2.75) is 6.92 Å². The maximum Gasteiger partial charge on any atom is 0.677 e. The van der Waals surface area contributed by atoms with Gasteiger partial charge in [0.1, 0.15) is 0 Å². The summed E-state index contributed by atoms with van der Waals surface area (Å²) in [5.41, 5.74) is 3.71. The molecule has 0 aliphatic rings. The standard InChI is InChI=1S/C22H19BF2N2/c1-18-12-14-19(15-13-18)20(16-26-21-8-4-2-5-9-21)17-27(23(24)25)22-10-6-3-7-11-22/h2-17H,1H3/b20-17+,26-16?. The first-order valence-electron chi connectivity index (χ1n) is 8.63. The second-order valence-corrected chi connectivity index (χ2v) is 6.06. The Kier molecular flexibility index (Phi) is 6.16. The fourth-order valence-electron chi connectivity index (χ4n) is 2.58. The van der Waals surface area contributed by atoms with Crippen molar-refractivity contribution in [1.29, 1.82) is 0 Å². The minimum atomic E-state index is -2.67. The van der Waals surface area contributed by atoms with Crippen molar-refractivity contribution in [2.24, 2.45) is 4.99 Å². The van der Waals surface area contributed by atoms with Gasteiger partial charge in [0.25, 0.3) is 0 Å². The first kappa shape index (κ1) is 18.6.